The topological polar surface area (TPSA) is 40.6 Å². The second-order valence-corrected chi connectivity index (χ2v) is 6.83. The van der Waals surface area contributed by atoms with Crippen molar-refractivity contribution >= 4 is 23.2 Å². The number of hydrogen-bond acceptors (Lipinski definition) is 3. The Labute approximate surface area is 145 Å². The summed E-state index contributed by atoms with van der Waals surface area (Å²) in [6.07, 6.45) is 0.915. The number of carbonyl (C=O) groups is 2. The molecule has 2 aromatic carbocycles. The number of imide groups is 1. The van der Waals surface area contributed by atoms with E-state index in [0.29, 0.717) is 0 Å². The molecule has 2 heterocycles. The lowest BCUT2D eigenvalue weighted by Gasteiger charge is -2.30. The van der Waals surface area contributed by atoms with Crippen molar-refractivity contribution < 1.29 is 14.0 Å². The predicted octanol–water partition coefficient (Wildman–Crippen LogP) is 3.22. The molecule has 0 spiro atoms. The monoisotopic (exact) mass is 338 g/mol. The third-order valence-electron chi connectivity index (χ3n) is 5.06. The van der Waals surface area contributed by atoms with Crippen LogP contribution in [-0.4, -0.2) is 23.9 Å². The van der Waals surface area contributed by atoms with Gasteiger partial charge in [-0.05, 0) is 49.6 Å². The van der Waals surface area contributed by atoms with E-state index in [2.05, 4.69) is 0 Å². The molecule has 2 aliphatic heterocycles. The standard InChI is InChI=1S/C20H19FN2O2/c1-12-7-8-17(15(21)9-12)23-19(24)11-18(20(23)25)22-13(2)10-14-5-3-4-6-16(14)22/h3-9,13,18H,10-11H2,1-2H3. The highest BCUT2D eigenvalue weighted by Gasteiger charge is 2.46. The van der Waals surface area contributed by atoms with Crippen molar-refractivity contribution in [3.8, 4) is 0 Å². The minimum absolute atomic E-state index is 0.0447. The van der Waals surface area contributed by atoms with Crippen LogP contribution < -0.4 is 9.80 Å². The summed E-state index contributed by atoms with van der Waals surface area (Å²) in [5.74, 6) is -1.25. The quantitative estimate of drug-likeness (QED) is 0.790. The summed E-state index contributed by atoms with van der Waals surface area (Å²) in [4.78, 5) is 28.5. The van der Waals surface area contributed by atoms with E-state index >= 15 is 0 Å². The molecule has 1 fully saturated rings. The molecule has 4 rings (SSSR count). The average molecular weight is 338 g/mol. The summed E-state index contributed by atoms with van der Waals surface area (Å²) >= 11 is 0. The van der Waals surface area contributed by atoms with Crippen molar-refractivity contribution in [2.75, 3.05) is 9.80 Å². The van der Waals surface area contributed by atoms with Crippen LogP contribution in [-0.2, 0) is 16.0 Å². The van der Waals surface area contributed by atoms with Crippen LogP contribution in [0, 0.1) is 12.7 Å². The molecule has 2 aliphatic rings. The molecule has 25 heavy (non-hydrogen) atoms. The molecule has 0 saturated carbocycles. The van der Waals surface area contributed by atoms with Crippen molar-refractivity contribution in [2.45, 2.75) is 38.8 Å². The maximum absolute atomic E-state index is 14.3. The Morgan fingerprint density at radius 2 is 1.80 bits per heavy atom. The van der Waals surface area contributed by atoms with Gasteiger partial charge in [0.2, 0.25) is 5.91 Å². The smallest absolute Gasteiger partial charge is 0.257 e. The second-order valence-electron chi connectivity index (χ2n) is 6.83. The van der Waals surface area contributed by atoms with Crippen molar-refractivity contribution in [3.63, 3.8) is 0 Å². The Morgan fingerprint density at radius 1 is 1.04 bits per heavy atom. The van der Waals surface area contributed by atoms with Crippen LogP contribution in [0.5, 0.6) is 0 Å². The van der Waals surface area contributed by atoms with Gasteiger partial charge in [0.15, 0.2) is 0 Å². The number of rotatable bonds is 2. The Bertz CT molecular complexity index is 880. The van der Waals surface area contributed by atoms with Crippen LogP contribution in [0.4, 0.5) is 15.8 Å². The Balaban J connectivity index is 1.70. The molecule has 2 amide bonds. The third-order valence-corrected chi connectivity index (χ3v) is 5.06. The lowest BCUT2D eigenvalue weighted by Crippen LogP contribution is -2.45. The molecule has 5 heteroatoms. The van der Waals surface area contributed by atoms with Crippen LogP contribution in [0.25, 0.3) is 0 Å². The molecule has 0 aliphatic carbocycles. The summed E-state index contributed by atoms with van der Waals surface area (Å²) in [5, 5.41) is 0. The highest BCUT2D eigenvalue weighted by molar-refractivity contribution is 6.23. The predicted molar refractivity (Wildman–Crippen MR) is 94.1 cm³/mol. The maximum atomic E-state index is 14.3. The molecular formula is C20H19FN2O2. The second kappa shape index (κ2) is 5.69. The minimum atomic E-state index is -0.577. The molecule has 0 bridgehead atoms. The van der Waals surface area contributed by atoms with E-state index in [1.807, 2.05) is 36.1 Å². The lowest BCUT2D eigenvalue weighted by atomic mass is 10.1. The number of anilines is 2. The maximum Gasteiger partial charge on any atom is 0.257 e. The van der Waals surface area contributed by atoms with Crippen molar-refractivity contribution in [1.82, 2.24) is 0 Å². The Hall–Kier alpha value is -2.69. The van der Waals surface area contributed by atoms with Crippen molar-refractivity contribution in [3.05, 3.63) is 59.4 Å². The number of halogens is 1. The molecule has 2 unspecified atom stereocenters. The molecule has 0 aromatic heterocycles. The third kappa shape index (κ3) is 2.42. The summed E-state index contributed by atoms with van der Waals surface area (Å²) in [6, 6.07) is 12.0. The SMILES string of the molecule is Cc1ccc(N2C(=O)CC(N3c4ccccc4CC3C)C2=O)c(F)c1. The summed E-state index contributed by atoms with van der Waals surface area (Å²) in [7, 11) is 0. The first-order valence-electron chi connectivity index (χ1n) is 8.46. The fourth-order valence-corrected chi connectivity index (χ4v) is 3.94. The van der Waals surface area contributed by atoms with Crippen LogP contribution in [0.2, 0.25) is 0 Å². The first kappa shape index (κ1) is 15.8. The van der Waals surface area contributed by atoms with Gasteiger partial charge in [0, 0.05) is 11.7 Å². The molecule has 2 atom stereocenters. The van der Waals surface area contributed by atoms with Gasteiger partial charge in [-0.3, -0.25) is 9.59 Å². The van der Waals surface area contributed by atoms with Crippen molar-refractivity contribution in [2.24, 2.45) is 0 Å². The van der Waals surface area contributed by atoms with Crippen LogP contribution in [0.3, 0.4) is 0 Å². The molecular weight excluding hydrogens is 319 g/mol. The Morgan fingerprint density at radius 3 is 2.56 bits per heavy atom. The summed E-state index contributed by atoms with van der Waals surface area (Å²) in [5.41, 5.74) is 2.96. The van der Waals surface area contributed by atoms with Crippen molar-refractivity contribution in [1.29, 1.82) is 0 Å². The van der Waals surface area contributed by atoms with E-state index in [-0.39, 0.29) is 30.0 Å². The van der Waals surface area contributed by atoms with E-state index in [1.54, 1.807) is 13.0 Å². The number of aryl methyl sites for hydroxylation is 1. The van der Waals surface area contributed by atoms with Gasteiger partial charge in [-0.2, -0.15) is 0 Å². The highest BCUT2D eigenvalue weighted by Crippen LogP contribution is 2.38. The van der Waals surface area contributed by atoms with Crippen LogP contribution in [0.15, 0.2) is 42.5 Å². The minimum Gasteiger partial charge on any atom is -0.356 e. The Kier molecular flexibility index (Phi) is 3.60. The van der Waals surface area contributed by atoms with Gasteiger partial charge in [0.25, 0.3) is 5.91 Å². The molecule has 1 saturated heterocycles. The van der Waals surface area contributed by atoms with E-state index in [0.717, 1.165) is 22.6 Å². The van der Waals surface area contributed by atoms with E-state index in [9.17, 15) is 14.0 Å². The molecule has 0 N–H and O–H groups in total. The van der Waals surface area contributed by atoms with Gasteiger partial charge in [-0.1, -0.05) is 24.3 Å². The van der Waals surface area contributed by atoms with Gasteiger partial charge in [0.05, 0.1) is 12.1 Å². The number of carbonyl (C=O) groups excluding carboxylic acids is 2. The largest absolute Gasteiger partial charge is 0.356 e. The molecule has 128 valence electrons. The van der Waals surface area contributed by atoms with Gasteiger partial charge in [-0.15, -0.1) is 0 Å². The number of para-hydroxylation sites is 1. The number of nitrogens with zero attached hydrogens (tertiary/aromatic N) is 2. The van der Waals surface area contributed by atoms with Gasteiger partial charge < -0.3 is 4.90 Å². The summed E-state index contributed by atoms with van der Waals surface area (Å²) < 4.78 is 14.3. The van der Waals surface area contributed by atoms with E-state index < -0.39 is 11.9 Å². The van der Waals surface area contributed by atoms with Gasteiger partial charge in [0.1, 0.15) is 11.9 Å². The van der Waals surface area contributed by atoms with E-state index in [4.69, 9.17) is 0 Å². The number of hydrogen-bond donors (Lipinski definition) is 0. The molecule has 2 aromatic rings. The number of fused-ring (bicyclic) bond motifs is 1. The molecule has 0 radical (unpaired) electrons. The lowest BCUT2D eigenvalue weighted by molar-refractivity contribution is -0.121. The normalized spacial score (nSPS) is 22.7. The first-order chi connectivity index (χ1) is 12.0. The fourth-order valence-electron chi connectivity index (χ4n) is 3.94. The van der Waals surface area contributed by atoms with Gasteiger partial charge in [-0.25, -0.2) is 9.29 Å². The number of benzene rings is 2. The first-order valence-corrected chi connectivity index (χ1v) is 8.46. The summed E-state index contributed by atoms with van der Waals surface area (Å²) in [6.45, 7) is 3.82. The number of amides is 2. The average Bonchev–Trinajstić information content (AvgIpc) is 3.04. The molecule has 4 nitrogen and oxygen atoms in total. The zero-order chi connectivity index (χ0) is 17.7. The van der Waals surface area contributed by atoms with E-state index in [1.165, 1.54) is 17.7 Å². The highest BCUT2D eigenvalue weighted by atomic mass is 19.1. The van der Waals surface area contributed by atoms with Crippen LogP contribution in [0.1, 0.15) is 24.5 Å². The van der Waals surface area contributed by atoms with Crippen LogP contribution >= 0.6 is 0 Å². The van der Waals surface area contributed by atoms with Gasteiger partial charge >= 0.3 is 0 Å². The fraction of sp³-hybridized carbons (Fsp3) is 0.300. The zero-order valence-corrected chi connectivity index (χ0v) is 14.2. The zero-order valence-electron chi connectivity index (χ0n) is 14.2.